The molecule has 0 bridgehead atoms. The van der Waals surface area contributed by atoms with Gasteiger partial charge in [-0.1, -0.05) is 28.1 Å². The maximum absolute atomic E-state index is 4.36. The smallest absolute Gasteiger partial charge is 0.151 e. The lowest BCUT2D eigenvalue weighted by molar-refractivity contribution is 1.05. The molecule has 0 saturated heterocycles. The fourth-order valence-electron chi connectivity index (χ4n) is 1.69. The molecule has 94 valence electrons. The highest BCUT2D eigenvalue weighted by molar-refractivity contribution is 9.10. The fraction of sp³-hybridized carbons (Fsp3) is 0.214. The predicted molar refractivity (Wildman–Crippen MR) is 80.0 cm³/mol. The predicted octanol–water partition coefficient (Wildman–Crippen LogP) is 3.52. The first-order valence-electron chi connectivity index (χ1n) is 5.77. The molecule has 1 aromatic carbocycles. The molecule has 3 nitrogen and oxygen atoms in total. The average Bonchev–Trinajstić information content (AvgIpc) is 2.38. The van der Waals surface area contributed by atoms with E-state index in [1.807, 2.05) is 43.3 Å². The van der Waals surface area contributed by atoms with Crippen molar-refractivity contribution in [3.8, 4) is 0 Å². The van der Waals surface area contributed by atoms with E-state index in [2.05, 4.69) is 38.4 Å². The Morgan fingerprint density at radius 2 is 1.89 bits per heavy atom. The van der Waals surface area contributed by atoms with Crippen molar-refractivity contribution in [2.75, 3.05) is 24.3 Å². The number of anilines is 2. The molecule has 2 aromatic rings. The molecular formula is C14H16BrN3. The molecule has 0 spiro atoms. The van der Waals surface area contributed by atoms with Crippen LogP contribution in [0, 0.1) is 0 Å². The van der Waals surface area contributed by atoms with Gasteiger partial charge in [-0.15, -0.1) is 0 Å². The fourth-order valence-corrected chi connectivity index (χ4v) is 1.96. The van der Waals surface area contributed by atoms with Crippen LogP contribution in [0.1, 0.15) is 5.56 Å². The molecule has 2 rings (SSSR count). The molecule has 0 atom stereocenters. The van der Waals surface area contributed by atoms with Gasteiger partial charge < -0.3 is 10.2 Å². The number of nitrogens with one attached hydrogen (secondary N) is 1. The summed E-state index contributed by atoms with van der Waals surface area (Å²) < 4.78 is 1.10. The molecule has 0 aliphatic heterocycles. The van der Waals surface area contributed by atoms with E-state index < -0.39 is 0 Å². The zero-order valence-corrected chi connectivity index (χ0v) is 12.1. The molecule has 18 heavy (non-hydrogen) atoms. The first-order chi connectivity index (χ1) is 8.66. The zero-order valence-electron chi connectivity index (χ0n) is 10.5. The Labute approximate surface area is 116 Å². The summed E-state index contributed by atoms with van der Waals surface area (Å²) in [5.74, 6) is 0.953. The van der Waals surface area contributed by atoms with Crippen molar-refractivity contribution >= 4 is 27.4 Å². The van der Waals surface area contributed by atoms with Crippen LogP contribution in [0.2, 0.25) is 0 Å². The lowest BCUT2D eigenvalue weighted by Crippen LogP contribution is -2.13. The summed E-state index contributed by atoms with van der Waals surface area (Å²) in [6.07, 6.45) is 1.81. The highest BCUT2D eigenvalue weighted by atomic mass is 79.9. The molecule has 0 aliphatic rings. The van der Waals surface area contributed by atoms with Gasteiger partial charge in [0.1, 0.15) is 0 Å². The summed E-state index contributed by atoms with van der Waals surface area (Å²) in [6, 6.07) is 12.3. The largest absolute Gasteiger partial charge is 0.378 e. The van der Waals surface area contributed by atoms with Gasteiger partial charge in [0.25, 0.3) is 0 Å². The van der Waals surface area contributed by atoms with Crippen molar-refractivity contribution < 1.29 is 0 Å². The molecule has 1 heterocycles. The van der Waals surface area contributed by atoms with Gasteiger partial charge >= 0.3 is 0 Å². The van der Waals surface area contributed by atoms with Crippen LogP contribution < -0.4 is 10.2 Å². The lowest BCUT2D eigenvalue weighted by atomic mass is 10.2. The average molecular weight is 306 g/mol. The van der Waals surface area contributed by atoms with Crippen LogP contribution in [-0.2, 0) is 6.54 Å². The van der Waals surface area contributed by atoms with E-state index in [0.29, 0.717) is 0 Å². The third kappa shape index (κ3) is 3.23. The van der Waals surface area contributed by atoms with E-state index >= 15 is 0 Å². The number of nitrogens with zero attached hydrogens (tertiary/aromatic N) is 2. The summed E-state index contributed by atoms with van der Waals surface area (Å²) >= 11 is 3.44. The minimum absolute atomic E-state index is 0.791. The Hall–Kier alpha value is -1.55. The Balaban J connectivity index is 2.08. The highest BCUT2D eigenvalue weighted by Gasteiger charge is 2.04. The molecule has 0 radical (unpaired) electrons. The van der Waals surface area contributed by atoms with Crippen LogP contribution in [-0.4, -0.2) is 19.1 Å². The van der Waals surface area contributed by atoms with Crippen LogP contribution in [0.4, 0.5) is 11.5 Å². The number of hydrogen-bond acceptors (Lipinski definition) is 3. The summed E-state index contributed by atoms with van der Waals surface area (Å²) in [4.78, 5) is 6.36. The van der Waals surface area contributed by atoms with Gasteiger partial charge in [0.05, 0.1) is 5.69 Å². The summed E-state index contributed by atoms with van der Waals surface area (Å²) in [6.45, 7) is 0.791. The summed E-state index contributed by atoms with van der Waals surface area (Å²) in [5, 5.41) is 3.41. The van der Waals surface area contributed by atoms with Crippen LogP contribution >= 0.6 is 15.9 Å². The van der Waals surface area contributed by atoms with Gasteiger partial charge in [-0.3, -0.25) is 0 Å². The normalized spacial score (nSPS) is 10.2. The molecule has 1 aromatic heterocycles. The Kier molecular flexibility index (Phi) is 4.20. The lowest BCUT2D eigenvalue weighted by Gasteiger charge is -2.16. The molecule has 0 fully saturated rings. The maximum Gasteiger partial charge on any atom is 0.151 e. The Bertz CT molecular complexity index is 509. The third-order valence-corrected chi connectivity index (χ3v) is 3.14. The number of pyridine rings is 1. The quantitative estimate of drug-likeness (QED) is 0.937. The van der Waals surface area contributed by atoms with E-state index in [9.17, 15) is 0 Å². The zero-order chi connectivity index (χ0) is 13.0. The van der Waals surface area contributed by atoms with Gasteiger partial charge in [-0.2, -0.15) is 0 Å². The first kappa shape index (κ1) is 12.9. The van der Waals surface area contributed by atoms with Gasteiger partial charge in [-0.25, -0.2) is 4.98 Å². The highest BCUT2D eigenvalue weighted by Crippen LogP contribution is 2.21. The molecule has 0 unspecified atom stereocenters. The SMILES string of the molecule is CN(C)c1ncccc1NCc1ccc(Br)cc1. The summed E-state index contributed by atoms with van der Waals surface area (Å²) in [5.41, 5.74) is 2.29. The van der Waals surface area contributed by atoms with Gasteiger partial charge in [0, 0.05) is 31.3 Å². The Morgan fingerprint density at radius 3 is 2.56 bits per heavy atom. The molecular weight excluding hydrogens is 290 g/mol. The topological polar surface area (TPSA) is 28.2 Å². The number of benzene rings is 1. The standard InChI is InChI=1S/C14H16BrN3/c1-18(2)14-13(4-3-9-16-14)17-10-11-5-7-12(15)8-6-11/h3-9,17H,10H2,1-2H3. The van der Waals surface area contributed by atoms with Crippen LogP contribution in [0.25, 0.3) is 0 Å². The van der Waals surface area contributed by atoms with E-state index in [1.54, 1.807) is 6.20 Å². The maximum atomic E-state index is 4.36. The van der Waals surface area contributed by atoms with Crippen molar-refractivity contribution in [2.45, 2.75) is 6.54 Å². The molecule has 4 heteroatoms. The van der Waals surface area contributed by atoms with Crippen molar-refractivity contribution in [2.24, 2.45) is 0 Å². The van der Waals surface area contributed by atoms with Gasteiger partial charge in [0.2, 0.25) is 0 Å². The van der Waals surface area contributed by atoms with Crippen LogP contribution in [0.5, 0.6) is 0 Å². The molecule has 0 saturated carbocycles. The third-order valence-electron chi connectivity index (χ3n) is 2.61. The van der Waals surface area contributed by atoms with Gasteiger partial charge in [-0.05, 0) is 29.8 Å². The molecule has 0 aliphatic carbocycles. The van der Waals surface area contributed by atoms with Crippen LogP contribution in [0.3, 0.4) is 0 Å². The van der Waals surface area contributed by atoms with Crippen molar-refractivity contribution in [1.29, 1.82) is 0 Å². The monoisotopic (exact) mass is 305 g/mol. The number of aromatic nitrogens is 1. The second-order valence-electron chi connectivity index (χ2n) is 4.25. The first-order valence-corrected chi connectivity index (χ1v) is 6.57. The van der Waals surface area contributed by atoms with Crippen molar-refractivity contribution in [1.82, 2.24) is 4.98 Å². The molecule has 0 amide bonds. The van der Waals surface area contributed by atoms with Gasteiger partial charge in [0.15, 0.2) is 5.82 Å². The van der Waals surface area contributed by atoms with Crippen molar-refractivity contribution in [3.63, 3.8) is 0 Å². The van der Waals surface area contributed by atoms with E-state index in [1.165, 1.54) is 5.56 Å². The minimum atomic E-state index is 0.791. The number of hydrogen-bond donors (Lipinski definition) is 1. The molecule has 1 N–H and O–H groups in total. The minimum Gasteiger partial charge on any atom is -0.378 e. The van der Waals surface area contributed by atoms with Crippen molar-refractivity contribution in [3.05, 3.63) is 52.6 Å². The number of rotatable bonds is 4. The van der Waals surface area contributed by atoms with E-state index in [0.717, 1.165) is 22.5 Å². The Morgan fingerprint density at radius 1 is 1.17 bits per heavy atom. The van der Waals surface area contributed by atoms with E-state index in [-0.39, 0.29) is 0 Å². The number of halogens is 1. The second kappa shape index (κ2) is 5.87. The second-order valence-corrected chi connectivity index (χ2v) is 5.16. The van der Waals surface area contributed by atoms with Crippen LogP contribution in [0.15, 0.2) is 47.1 Å². The summed E-state index contributed by atoms with van der Waals surface area (Å²) in [7, 11) is 3.99. The van der Waals surface area contributed by atoms with E-state index in [4.69, 9.17) is 0 Å².